The molecule has 2 saturated heterocycles. The van der Waals surface area contributed by atoms with Crippen molar-refractivity contribution < 1.29 is 23.9 Å². The molecule has 1 aromatic carbocycles. The van der Waals surface area contributed by atoms with Gasteiger partial charge >= 0.3 is 13.1 Å². The summed E-state index contributed by atoms with van der Waals surface area (Å²) in [6.07, 6.45) is 1.11. The predicted molar refractivity (Wildman–Crippen MR) is 119 cm³/mol. The maximum absolute atomic E-state index is 12.1. The lowest BCUT2D eigenvalue weighted by Crippen LogP contribution is -2.46. The molecule has 1 N–H and O–H groups in total. The number of piperidine rings is 1. The molecule has 0 aromatic heterocycles. The molecule has 0 bridgehead atoms. The number of benzene rings is 1. The number of carbonyl (C=O) groups is 1. The number of ether oxygens (including phenoxy) is 1. The summed E-state index contributed by atoms with van der Waals surface area (Å²) in [5, 5.41) is 10.8. The lowest BCUT2D eigenvalue weighted by Gasteiger charge is -2.39. The Labute approximate surface area is 181 Å². The van der Waals surface area contributed by atoms with Gasteiger partial charge in [0.25, 0.3) is 0 Å². The van der Waals surface area contributed by atoms with Crippen LogP contribution in [-0.4, -0.2) is 53.7 Å². The van der Waals surface area contributed by atoms with Crippen molar-refractivity contribution in [3.8, 4) is 0 Å². The highest BCUT2D eigenvalue weighted by Gasteiger charge is 2.51. The van der Waals surface area contributed by atoms with Crippen LogP contribution in [0.4, 0.5) is 5.69 Å². The Kier molecular flexibility index (Phi) is 6.04. The summed E-state index contributed by atoms with van der Waals surface area (Å²) in [7, 11) is -0.371. The molecule has 0 spiro atoms. The summed E-state index contributed by atoms with van der Waals surface area (Å²) in [5.74, 6) is -0.342. The molecule has 0 radical (unpaired) electrons. The van der Waals surface area contributed by atoms with Gasteiger partial charge in [-0.05, 0) is 78.9 Å². The molecule has 6 nitrogen and oxygen atoms in total. The van der Waals surface area contributed by atoms with Gasteiger partial charge in [-0.3, -0.25) is 4.79 Å². The fourth-order valence-electron chi connectivity index (χ4n) is 3.83. The van der Waals surface area contributed by atoms with E-state index in [9.17, 15) is 9.90 Å². The first-order chi connectivity index (χ1) is 13.7. The van der Waals surface area contributed by atoms with Crippen molar-refractivity contribution in [2.24, 2.45) is 0 Å². The van der Waals surface area contributed by atoms with Crippen LogP contribution in [0.25, 0.3) is 0 Å². The number of aliphatic hydroxyl groups is 1. The number of rotatable bonds is 4. The lowest BCUT2D eigenvalue weighted by atomic mass is 9.79. The van der Waals surface area contributed by atoms with E-state index in [0.29, 0.717) is 25.9 Å². The summed E-state index contributed by atoms with van der Waals surface area (Å²) in [5.41, 5.74) is -0.163. The molecule has 7 heteroatoms. The van der Waals surface area contributed by atoms with Crippen LogP contribution in [0.2, 0.25) is 0 Å². The van der Waals surface area contributed by atoms with E-state index in [1.54, 1.807) is 0 Å². The van der Waals surface area contributed by atoms with Gasteiger partial charge in [0, 0.05) is 18.8 Å². The molecule has 2 fully saturated rings. The van der Waals surface area contributed by atoms with Gasteiger partial charge in [-0.25, -0.2) is 0 Å². The monoisotopic (exact) mass is 417 g/mol. The second-order valence-electron chi connectivity index (χ2n) is 10.7. The number of nitrogens with zero attached hydrogens (tertiary/aromatic N) is 1. The minimum absolute atomic E-state index is 0.0407. The molecule has 0 amide bonds. The van der Waals surface area contributed by atoms with Crippen molar-refractivity contribution in [3.63, 3.8) is 0 Å². The van der Waals surface area contributed by atoms with Crippen molar-refractivity contribution >= 4 is 24.2 Å². The molecular weight excluding hydrogens is 381 g/mol. The largest absolute Gasteiger partial charge is 0.494 e. The van der Waals surface area contributed by atoms with E-state index in [0.717, 1.165) is 11.2 Å². The Balaban J connectivity index is 1.57. The van der Waals surface area contributed by atoms with Gasteiger partial charge in [-0.15, -0.1) is 0 Å². The average molecular weight is 417 g/mol. The molecule has 0 atom stereocenters. The third-order valence-electron chi connectivity index (χ3n) is 6.37. The molecule has 0 saturated carbocycles. The minimum Gasteiger partial charge on any atom is -0.460 e. The highest BCUT2D eigenvalue weighted by Crippen LogP contribution is 2.36. The van der Waals surface area contributed by atoms with Gasteiger partial charge in [-0.1, -0.05) is 12.1 Å². The van der Waals surface area contributed by atoms with Crippen molar-refractivity contribution in [2.45, 2.75) is 90.1 Å². The Morgan fingerprint density at radius 2 is 1.57 bits per heavy atom. The van der Waals surface area contributed by atoms with E-state index in [2.05, 4.69) is 17.0 Å². The number of hydrogen-bond acceptors (Lipinski definition) is 6. The first-order valence-electron chi connectivity index (χ1n) is 10.8. The van der Waals surface area contributed by atoms with Gasteiger partial charge in [0.1, 0.15) is 5.60 Å². The molecule has 30 heavy (non-hydrogen) atoms. The Bertz CT molecular complexity index is 745. The van der Waals surface area contributed by atoms with E-state index in [-0.39, 0.29) is 30.7 Å². The normalized spacial score (nSPS) is 22.8. The molecule has 166 valence electrons. The quantitative estimate of drug-likeness (QED) is 0.600. The number of esters is 1. The highest BCUT2D eigenvalue weighted by atomic mass is 16.7. The van der Waals surface area contributed by atoms with Crippen molar-refractivity contribution in [1.82, 2.24) is 0 Å². The molecule has 0 unspecified atom stereocenters. The molecule has 2 aliphatic heterocycles. The van der Waals surface area contributed by atoms with Crippen LogP contribution in [0.15, 0.2) is 24.3 Å². The van der Waals surface area contributed by atoms with Crippen molar-refractivity contribution in [3.05, 3.63) is 24.3 Å². The van der Waals surface area contributed by atoms with E-state index in [4.69, 9.17) is 14.0 Å². The smallest absolute Gasteiger partial charge is 0.460 e. The highest BCUT2D eigenvalue weighted by molar-refractivity contribution is 6.62. The lowest BCUT2D eigenvalue weighted by molar-refractivity contribution is -0.161. The Morgan fingerprint density at radius 1 is 1.07 bits per heavy atom. The second-order valence-corrected chi connectivity index (χ2v) is 10.7. The van der Waals surface area contributed by atoms with Crippen LogP contribution in [0.3, 0.4) is 0 Å². The van der Waals surface area contributed by atoms with Gasteiger partial charge < -0.3 is 24.1 Å². The van der Waals surface area contributed by atoms with E-state index in [1.807, 2.05) is 60.6 Å². The van der Waals surface area contributed by atoms with E-state index >= 15 is 0 Å². The van der Waals surface area contributed by atoms with Gasteiger partial charge in [0.2, 0.25) is 0 Å². The SMILES string of the molecule is CC(C)(C)OC(=O)CC1(O)CCN(c2ccc(B3OC(C)(C)C(C)(C)O3)cc2)CC1. The first-order valence-corrected chi connectivity index (χ1v) is 10.8. The summed E-state index contributed by atoms with van der Waals surface area (Å²) in [6, 6.07) is 8.22. The third kappa shape index (κ3) is 5.18. The zero-order valence-corrected chi connectivity index (χ0v) is 19.4. The fraction of sp³-hybridized carbons (Fsp3) is 0.696. The fourth-order valence-corrected chi connectivity index (χ4v) is 3.83. The van der Waals surface area contributed by atoms with Gasteiger partial charge in [-0.2, -0.15) is 0 Å². The minimum atomic E-state index is -0.999. The van der Waals surface area contributed by atoms with Crippen LogP contribution in [0.5, 0.6) is 0 Å². The second kappa shape index (κ2) is 7.84. The van der Waals surface area contributed by atoms with Gasteiger partial charge in [0.15, 0.2) is 0 Å². The standard InChI is InChI=1S/C23H36BNO5/c1-20(2,3)28-19(26)16-23(27)12-14-25(15-13-23)18-10-8-17(9-11-18)24-29-21(4,5)22(6,7)30-24/h8-11,27H,12-16H2,1-7H3. The first kappa shape index (κ1) is 23.1. The van der Waals surface area contributed by atoms with Crippen molar-refractivity contribution in [2.75, 3.05) is 18.0 Å². The average Bonchev–Trinajstić information content (AvgIpc) is 2.81. The zero-order chi connectivity index (χ0) is 22.4. The van der Waals surface area contributed by atoms with Crippen LogP contribution in [0, 0.1) is 0 Å². The van der Waals surface area contributed by atoms with E-state index < -0.39 is 11.2 Å². The molecule has 2 heterocycles. The van der Waals surface area contributed by atoms with Crippen LogP contribution in [0.1, 0.15) is 67.7 Å². The van der Waals surface area contributed by atoms with Crippen LogP contribution < -0.4 is 10.4 Å². The topological polar surface area (TPSA) is 68.2 Å². The molecule has 0 aliphatic carbocycles. The zero-order valence-electron chi connectivity index (χ0n) is 19.4. The summed E-state index contributed by atoms with van der Waals surface area (Å²) >= 11 is 0. The summed E-state index contributed by atoms with van der Waals surface area (Å²) < 4.78 is 17.6. The summed E-state index contributed by atoms with van der Waals surface area (Å²) in [6.45, 7) is 15.1. The van der Waals surface area contributed by atoms with Crippen LogP contribution >= 0.6 is 0 Å². The maximum Gasteiger partial charge on any atom is 0.494 e. The molecule has 3 rings (SSSR count). The predicted octanol–water partition coefficient (Wildman–Crippen LogP) is 3.05. The third-order valence-corrected chi connectivity index (χ3v) is 6.37. The van der Waals surface area contributed by atoms with E-state index in [1.165, 1.54) is 0 Å². The number of hydrogen-bond donors (Lipinski definition) is 1. The Hall–Kier alpha value is -1.57. The van der Waals surface area contributed by atoms with Crippen molar-refractivity contribution in [1.29, 1.82) is 0 Å². The Morgan fingerprint density at radius 3 is 2.03 bits per heavy atom. The van der Waals surface area contributed by atoms with Gasteiger partial charge in [0.05, 0.1) is 23.2 Å². The molecular formula is C23H36BNO5. The number of carbonyl (C=O) groups excluding carboxylic acids is 1. The number of anilines is 1. The molecule has 2 aliphatic rings. The van der Waals surface area contributed by atoms with Crippen LogP contribution in [-0.2, 0) is 18.8 Å². The molecule has 1 aromatic rings. The summed E-state index contributed by atoms with van der Waals surface area (Å²) in [4.78, 5) is 14.4. The maximum atomic E-state index is 12.1.